The maximum absolute atomic E-state index is 12.9. The average Bonchev–Trinajstić information content (AvgIpc) is 3.29. The lowest BCUT2D eigenvalue weighted by molar-refractivity contribution is 0.0671. The van der Waals surface area contributed by atoms with Gasteiger partial charge in [0.1, 0.15) is 12.4 Å². The van der Waals surface area contributed by atoms with E-state index < -0.39 is 6.55 Å². The minimum atomic E-state index is -2.62. The number of alkyl halides is 2. The third-order valence-electron chi connectivity index (χ3n) is 4.38. The Morgan fingerprint density at radius 1 is 1.43 bits per heavy atom. The van der Waals surface area contributed by atoms with Gasteiger partial charge in [0.2, 0.25) is 0 Å². The molecular weight excluding hydrogens is 501 g/mol. The number of halogens is 4. The number of rotatable bonds is 6. The van der Waals surface area contributed by atoms with E-state index in [9.17, 15) is 8.78 Å². The van der Waals surface area contributed by atoms with Crippen LogP contribution in [0.4, 0.5) is 14.5 Å². The number of guanidine groups is 1. The van der Waals surface area contributed by atoms with Crippen LogP contribution >= 0.6 is 35.6 Å². The van der Waals surface area contributed by atoms with Crippen molar-refractivity contribution in [2.75, 3.05) is 24.5 Å². The normalized spacial score (nSPS) is 17.0. The van der Waals surface area contributed by atoms with Gasteiger partial charge in [-0.25, -0.2) is 9.98 Å². The summed E-state index contributed by atoms with van der Waals surface area (Å²) in [5.41, 5.74) is 1.09. The molecule has 154 valence electrons. The van der Waals surface area contributed by atoms with Crippen molar-refractivity contribution in [2.24, 2.45) is 4.99 Å². The zero-order valence-corrected chi connectivity index (χ0v) is 18.6. The SMILES string of the molecule is CCNC(=NCc1nccn1C(F)F)NC1CCN(c2cccc(Cl)c2)C1.I. The molecule has 1 aliphatic heterocycles. The van der Waals surface area contributed by atoms with Crippen LogP contribution < -0.4 is 15.5 Å². The Morgan fingerprint density at radius 2 is 2.25 bits per heavy atom. The number of nitrogens with zero attached hydrogens (tertiary/aromatic N) is 4. The number of hydrogen-bond donors (Lipinski definition) is 2. The largest absolute Gasteiger partial charge is 0.369 e. The van der Waals surface area contributed by atoms with Crippen LogP contribution in [0, 0.1) is 0 Å². The van der Waals surface area contributed by atoms with Gasteiger partial charge in [0, 0.05) is 48.8 Å². The van der Waals surface area contributed by atoms with Crippen molar-refractivity contribution < 1.29 is 8.78 Å². The molecule has 2 aromatic rings. The molecule has 1 aromatic heterocycles. The summed E-state index contributed by atoms with van der Waals surface area (Å²) in [4.78, 5) is 10.6. The molecule has 0 aliphatic carbocycles. The first-order valence-corrected chi connectivity index (χ1v) is 9.30. The summed E-state index contributed by atoms with van der Waals surface area (Å²) in [7, 11) is 0. The van der Waals surface area contributed by atoms with Crippen LogP contribution in [0.3, 0.4) is 0 Å². The Kier molecular flexibility index (Phi) is 8.74. The maximum atomic E-state index is 12.9. The van der Waals surface area contributed by atoms with Gasteiger partial charge in [-0.15, -0.1) is 24.0 Å². The van der Waals surface area contributed by atoms with Crippen molar-refractivity contribution in [1.29, 1.82) is 0 Å². The van der Waals surface area contributed by atoms with Crippen LogP contribution in [0.1, 0.15) is 25.7 Å². The van der Waals surface area contributed by atoms with Gasteiger partial charge in [0.25, 0.3) is 0 Å². The van der Waals surface area contributed by atoms with Crippen molar-refractivity contribution in [3.8, 4) is 0 Å². The van der Waals surface area contributed by atoms with Crippen molar-refractivity contribution in [1.82, 2.24) is 20.2 Å². The molecule has 1 fully saturated rings. The topological polar surface area (TPSA) is 57.5 Å². The van der Waals surface area contributed by atoms with E-state index in [1.807, 2.05) is 31.2 Å². The summed E-state index contributed by atoms with van der Waals surface area (Å²) in [5, 5.41) is 7.26. The highest BCUT2D eigenvalue weighted by atomic mass is 127. The minimum Gasteiger partial charge on any atom is -0.369 e. The zero-order chi connectivity index (χ0) is 19.2. The minimum absolute atomic E-state index is 0. The second kappa shape index (κ2) is 10.8. The Hall–Kier alpha value is -1.62. The fourth-order valence-electron chi connectivity index (χ4n) is 3.09. The molecule has 1 aromatic carbocycles. The van der Waals surface area contributed by atoms with Crippen LogP contribution in [0.15, 0.2) is 41.7 Å². The molecule has 0 spiro atoms. The van der Waals surface area contributed by atoms with Gasteiger partial charge in [0.05, 0.1) is 0 Å². The lowest BCUT2D eigenvalue weighted by Crippen LogP contribution is -2.44. The van der Waals surface area contributed by atoms with Gasteiger partial charge >= 0.3 is 6.55 Å². The maximum Gasteiger partial charge on any atom is 0.319 e. The van der Waals surface area contributed by atoms with Gasteiger partial charge in [-0.3, -0.25) is 4.57 Å². The summed E-state index contributed by atoms with van der Waals surface area (Å²) < 4.78 is 26.7. The lowest BCUT2D eigenvalue weighted by Gasteiger charge is -2.20. The molecule has 0 amide bonds. The standard InChI is InChI=1S/C18H23ClF2N6.HI/c1-2-22-18(24-11-16-23-7-9-27(16)17(20)21)25-14-6-8-26(12-14)15-5-3-4-13(19)10-15;/h3-5,7,9-10,14,17H,2,6,8,11-12H2,1H3,(H2,22,24,25);1H. The molecule has 1 atom stereocenters. The highest BCUT2D eigenvalue weighted by molar-refractivity contribution is 14.0. The molecule has 10 heteroatoms. The summed E-state index contributed by atoms with van der Waals surface area (Å²) in [5.74, 6) is 0.827. The van der Waals surface area contributed by atoms with E-state index in [1.165, 1.54) is 12.4 Å². The fourth-order valence-corrected chi connectivity index (χ4v) is 3.28. The molecule has 3 rings (SSSR count). The van der Waals surface area contributed by atoms with E-state index in [0.29, 0.717) is 17.5 Å². The van der Waals surface area contributed by atoms with Crippen molar-refractivity contribution in [3.05, 3.63) is 47.5 Å². The zero-order valence-electron chi connectivity index (χ0n) is 15.5. The second-order valence-corrected chi connectivity index (χ2v) is 6.72. The van der Waals surface area contributed by atoms with Gasteiger partial charge in [-0.05, 0) is 31.5 Å². The summed E-state index contributed by atoms with van der Waals surface area (Å²) in [6.45, 7) is 1.83. The molecule has 0 saturated carbocycles. The van der Waals surface area contributed by atoms with Crippen LogP contribution in [0.2, 0.25) is 5.02 Å². The Morgan fingerprint density at radius 3 is 2.96 bits per heavy atom. The first-order valence-electron chi connectivity index (χ1n) is 8.92. The van der Waals surface area contributed by atoms with E-state index in [1.54, 1.807) is 0 Å². The molecular formula is C18H24ClF2IN6. The summed E-state index contributed by atoms with van der Waals surface area (Å²) >= 11 is 6.08. The molecule has 28 heavy (non-hydrogen) atoms. The Labute approximate surface area is 185 Å². The predicted molar refractivity (Wildman–Crippen MR) is 119 cm³/mol. The molecule has 2 heterocycles. The number of aromatic nitrogens is 2. The third-order valence-corrected chi connectivity index (χ3v) is 4.62. The first-order chi connectivity index (χ1) is 13.1. The van der Waals surface area contributed by atoms with Crippen LogP contribution in [-0.4, -0.2) is 41.2 Å². The van der Waals surface area contributed by atoms with Crippen molar-refractivity contribution in [2.45, 2.75) is 32.5 Å². The van der Waals surface area contributed by atoms with Crippen molar-refractivity contribution in [3.63, 3.8) is 0 Å². The monoisotopic (exact) mass is 524 g/mol. The van der Waals surface area contributed by atoms with Crippen LogP contribution in [-0.2, 0) is 6.54 Å². The quantitative estimate of drug-likeness (QED) is 0.342. The van der Waals surface area contributed by atoms with Gasteiger partial charge < -0.3 is 15.5 Å². The van der Waals surface area contributed by atoms with Gasteiger partial charge in [0.15, 0.2) is 5.96 Å². The highest BCUT2D eigenvalue weighted by Gasteiger charge is 2.23. The van der Waals surface area contributed by atoms with Crippen LogP contribution in [0.5, 0.6) is 0 Å². The van der Waals surface area contributed by atoms with E-state index in [0.717, 1.165) is 29.8 Å². The molecule has 1 aliphatic rings. The first kappa shape index (κ1) is 22.7. The number of imidazole rings is 1. The molecule has 0 radical (unpaired) electrons. The lowest BCUT2D eigenvalue weighted by atomic mass is 10.3. The second-order valence-electron chi connectivity index (χ2n) is 6.28. The molecule has 1 unspecified atom stereocenters. The Balaban J connectivity index is 0.00000280. The number of anilines is 1. The number of benzene rings is 1. The van der Waals surface area contributed by atoms with E-state index in [2.05, 4.69) is 25.5 Å². The number of hydrogen-bond acceptors (Lipinski definition) is 3. The van der Waals surface area contributed by atoms with E-state index in [4.69, 9.17) is 11.6 Å². The van der Waals surface area contributed by atoms with Crippen LogP contribution in [0.25, 0.3) is 0 Å². The molecule has 6 nitrogen and oxygen atoms in total. The van der Waals surface area contributed by atoms with E-state index >= 15 is 0 Å². The summed E-state index contributed by atoms with van der Waals surface area (Å²) in [6, 6.07) is 7.99. The summed E-state index contributed by atoms with van der Waals surface area (Å²) in [6.07, 6.45) is 3.56. The third kappa shape index (κ3) is 5.94. The Bertz CT molecular complexity index is 785. The van der Waals surface area contributed by atoms with Crippen molar-refractivity contribution >= 4 is 47.2 Å². The average molecular weight is 525 g/mol. The fraction of sp³-hybridized carbons (Fsp3) is 0.444. The number of aliphatic imine (C=N–C) groups is 1. The highest BCUT2D eigenvalue weighted by Crippen LogP contribution is 2.23. The molecule has 0 bridgehead atoms. The number of nitrogens with one attached hydrogen (secondary N) is 2. The smallest absolute Gasteiger partial charge is 0.319 e. The van der Waals surface area contributed by atoms with Gasteiger partial charge in [-0.1, -0.05) is 17.7 Å². The molecule has 2 N–H and O–H groups in total. The predicted octanol–water partition coefficient (Wildman–Crippen LogP) is 3.88. The van der Waals surface area contributed by atoms with Gasteiger partial charge in [-0.2, -0.15) is 8.78 Å². The van der Waals surface area contributed by atoms with E-state index in [-0.39, 0.29) is 42.4 Å². The molecule has 1 saturated heterocycles.